The minimum absolute atomic E-state index is 0.123. The lowest BCUT2D eigenvalue weighted by molar-refractivity contribution is -0.124. The van der Waals surface area contributed by atoms with Gasteiger partial charge in [0.2, 0.25) is 5.91 Å². The largest absolute Gasteiger partial charge is 0.349 e. The summed E-state index contributed by atoms with van der Waals surface area (Å²) in [7, 11) is 0. The number of halogens is 1. The third kappa shape index (κ3) is 4.33. The van der Waals surface area contributed by atoms with E-state index in [1.165, 1.54) is 18.3 Å². The molecule has 0 bridgehead atoms. The van der Waals surface area contributed by atoms with Gasteiger partial charge in [0.1, 0.15) is 5.82 Å². The fourth-order valence-electron chi connectivity index (χ4n) is 2.76. The Morgan fingerprint density at radius 2 is 2.07 bits per heavy atom. The van der Waals surface area contributed by atoms with E-state index >= 15 is 0 Å². The molecule has 1 fully saturated rings. The molecular weight excluding hydrogens is 373 g/mol. The molecule has 1 aromatic heterocycles. The number of nitrogens with zero attached hydrogens (tertiary/aromatic N) is 4. The van der Waals surface area contributed by atoms with E-state index in [4.69, 9.17) is 0 Å². The summed E-state index contributed by atoms with van der Waals surface area (Å²) < 4.78 is 14.7. The molecule has 142 valence electrons. The maximum Gasteiger partial charge on any atom is 0.288 e. The monoisotopic (exact) mass is 391 g/mol. The molecule has 3 amide bonds. The zero-order valence-electron chi connectivity index (χ0n) is 14.6. The molecule has 0 spiro atoms. The molecule has 1 N–H and O–H groups in total. The highest BCUT2D eigenvalue weighted by Gasteiger charge is 2.29. The molecule has 27 heavy (non-hydrogen) atoms. The van der Waals surface area contributed by atoms with Gasteiger partial charge in [-0.3, -0.25) is 19.3 Å². The van der Waals surface area contributed by atoms with E-state index in [1.807, 2.05) is 6.92 Å². The Morgan fingerprint density at radius 1 is 1.33 bits per heavy atom. The van der Waals surface area contributed by atoms with Crippen LogP contribution in [0.25, 0.3) is 0 Å². The van der Waals surface area contributed by atoms with Crippen molar-refractivity contribution in [3.63, 3.8) is 0 Å². The molecule has 1 aromatic carbocycles. The Bertz CT molecular complexity index is 839. The predicted molar refractivity (Wildman–Crippen MR) is 96.8 cm³/mol. The van der Waals surface area contributed by atoms with Gasteiger partial charge in [-0.1, -0.05) is 36.0 Å². The van der Waals surface area contributed by atoms with Gasteiger partial charge in [-0.25, -0.2) is 9.07 Å². The summed E-state index contributed by atoms with van der Waals surface area (Å²) >= 11 is 0.952. The lowest BCUT2D eigenvalue weighted by Crippen LogP contribution is -2.37. The van der Waals surface area contributed by atoms with E-state index in [-0.39, 0.29) is 47.5 Å². The number of benzene rings is 1. The molecule has 3 rings (SSSR count). The van der Waals surface area contributed by atoms with Crippen LogP contribution in [-0.4, -0.2) is 55.8 Å². The topological polar surface area (TPSA) is 97.2 Å². The summed E-state index contributed by atoms with van der Waals surface area (Å²) in [5, 5.41) is 10.2. The van der Waals surface area contributed by atoms with Crippen LogP contribution in [0.1, 0.15) is 35.4 Å². The highest BCUT2D eigenvalue weighted by Crippen LogP contribution is 2.21. The van der Waals surface area contributed by atoms with Gasteiger partial charge in [-0.15, -0.1) is 5.10 Å². The average Bonchev–Trinajstić information content (AvgIpc) is 3.26. The summed E-state index contributed by atoms with van der Waals surface area (Å²) in [5.74, 6) is -0.874. The molecule has 10 heteroatoms. The lowest BCUT2D eigenvalue weighted by atomic mass is 10.0. The molecule has 1 saturated heterocycles. The summed E-state index contributed by atoms with van der Waals surface area (Å²) in [6.45, 7) is 2.22. The summed E-state index contributed by atoms with van der Waals surface area (Å²) in [6.07, 6.45) is 2.21. The molecule has 1 aliphatic heterocycles. The van der Waals surface area contributed by atoms with Gasteiger partial charge < -0.3 is 5.32 Å². The second kappa shape index (κ2) is 8.30. The normalized spacial score (nSPS) is 15.3. The van der Waals surface area contributed by atoms with E-state index in [0.29, 0.717) is 6.42 Å². The number of carbonyl (C=O) groups is 3. The van der Waals surface area contributed by atoms with Gasteiger partial charge in [0.05, 0.1) is 18.0 Å². The van der Waals surface area contributed by atoms with Gasteiger partial charge in [-0.05, 0) is 24.1 Å². The summed E-state index contributed by atoms with van der Waals surface area (Å²) in [4.78, 5) is 36.4. The second-order valence-electron chi connectivity index (χ2n) is 5.92. The van der Waals surface area contributed by atoms with Crippen molar-refractivity contribution in [3.05, 3.63) is 47.5 Å². The second-order valence-corrected chi connectivity index (χ2v) is 6.84. The highest BCUT2D eigenvalue weighted by atomic mass is 32.2. The lowest BCUT2D eigenvalue weighted by Gasteiger charge is -2.15. The first-order valence-electron chi connectivity index (χ1n) is 8.42. The van der Waals surface area contributed by atoms with Crippen LogP contribution in [-0.2, 0) is 4.79 Å². The first-order chi connectivity index (χ1) is 13.0. The van der Waals surface area contributed by atoms with E-state index in [1.54, 1.807) is 16.8 Å². The number of amides is 3. The van der Waals surface area contributed by atoms with Crippen LogP contribution < -0.4 is 5.32 Å². The highest BCUT2D eigenvalue weighted by molar-refractivity contribution is 8.14. The maximum absolute atomic E-state index is 13.1. The van der Waals surface area contributed by atoms with Gasteiger partial charge >= 0.3 is 0 Å². The van der Waals surface area contributed by atoms with Crippen LogP contribution in [0, 0.1) is 5.82 Å². The zero-order valence-corrected chi connectivity index (χ0v) is 15.4. The molecule has 1 atom stereocenters. The Balaban J connectivity index is 1.60. The van der Waals surface area contributed by atoms with Gasteiger partial charge in [0.25, 0.3) is 11.1 Å². The number of hydrogen-bond donors (Lipinski definition) is 1. The summed E-state index contributed by atoms with van der Waals surface area (Å²) in [6, 6.07) is 5.93. The van der Waals surface area contributed by atoms with E-state index < -0.39 is 5.91 Å². The molecule has 2 heterocycles. The first-order valence-corrected chi connectivity index (χ1v) is 9.40. The average molecular weight is 391 g/mol. The number of rotatable bonds is 7. The minimum atomic E-state index is -0.443. The molecular formula is C17H18FN5O3S. The van der Waals surface area contributed by atoms with Gasteiger partial charge in [0.15, 0.2) is 5.69 Å². The van der Waals surface area contributed by atoms with Crippen LogP contribution in [0.3, 0.4) is 0 Å². The van der Waals surface area contributed by atoms with Crippen LogP contribution in [0.4, 0.5) is 9.18 Å². The number of nitrogens with one attached hydrogen (secondary N) is 1. The predicted octanol–water partition coefficient (Wildman–Crippen LogP) is 1.84. The van der Waals surface area contributed by atoms with Gasteiger partial charge in [0, 0.05) is 13.1 Å². The number of imide groups is 1. The van der Waals surface area contributed by atoms with Crippen LogP contribution >= 0.6 is 11.8 Å². The Morgan fingerprint density at radius 3 is 2.70 bits per heavy atom. The SMILES string of the molecule is CCC(c1ccc(F)cc1)n1cc(C(=O)NCCN2C(=O)CSC2=O)nn1. The third-order valence-electron chi connectivity index (χ3n) is 4.17. The number of carbonyl (C=O) groups excluding carboxylic acids is 3. The van der Waals surface area contributed by atoms with E-state index in [9.17, 15) is 18.8 Å². The van der Waals surface area contributed by atoms with Crippen molar-refractivity contribution in [2.45, 2.75) is 19.4 Å². The van der Waals surface area contributed by atoms with Crippen LogP contribution in [0.15, 0.2) is 30.5 Å². The Hall–Kier alpha value is -2.75. The molecule has 1 aliphatic rings. The Kier molecular flexibility index (Phi) is 5.84. The molecule has 2 aromatic rings. The van der Waals surface area contributed by atoms with Crippen molar-refractivity contribution in [2.75, 3.05) is 18.8 Å². The van der Waals surface area contributed by atoms with Crippen molar-refractivity contribution in [1.82, 2.24) is 25.2 Å². The van der Waals surface area contributed by atoms with Gasteiger partial charge in [-0.2, -0.15) is 0 Å². The smallest absolute Gasteiger partial charge is 0.288 e. The fourth-order valence-corrected chi connectivity index (χ4v) is 3.51. The van der Waals surface area contributed by atoms with E-state index in [2.05, 4.69) is 15.6 Å². The quantitative estimate of drug-likeness (QED) is 0.774. The number of aromatic nitrogens is 3. The van der Waals surface area contributed by atoms with Crippen molar-refractivity contribution in [2.24, 2.45) is 0 Å². The number of hydrogen-bond acceptors (Lipinski definition) is 6. The van der Waals surface area contributed by atoms with Crippen LogP contribution in [0.5, 0.6) is 0 Å². The first kappa shape index (κ1) is 19.0. The van der Waals surface area contributed by atoms with Crippen molar-refractivity contribution in [1.29, 1.82) is 0 Å². The maximum atomic E-state index is 13.1. The Labute approximate surface area is 159 Å². The fraction of sp³-hybridized carbons (Fsp3) is 0.353. The van der Waals surface area contributed by atoms with Crippen molar-refractivity contribution >= 4 is 28.8 Å². The zero-order chi connectivity index (χ0) is 19.4. The molecule has 8 nitrogen and oxygen atoms in total. The molecule has 0 radical (unpaired) electrons. The minimum Gasteiger partial charge on any atom is -0.349 e. The van der Waals surface area contributed by atoms with Crippen LogP contribution in [0.2, 0.25) is 0 Å². The molecule has 0 aliphatic carbocycles. The third-order valence-corrected chi connectivity index (χ3v) is 5.02. The molecule has 0 saturated carbocycles. The number of thioether (sulfide) groups is 1. The molecule has 1 unspecified atom stereocenters. The van der Waals surface area contributed by atoms with Crippen molar-refractivity contribution in [3.8, 4) is 0 Å². The van der Waals surface area contributed by atoms with E-state index in [0.717, 1.165) is 22.2 Å². The standard InChI is InChI=1S/C17H18FN5O3S/c1-2-14(11-3-5-12(18)6-4-11)23-9-13(20-21-23)16(25)19-7-8-22-15(24)10-27-17(22)26/h3-6,9,14H,2,7-8,10H2,1H3,(H,19,25). The summed E-state index contributed by atoms with van der Waals surface area (Å²) in [5.41, 5.74) is 0.989. The van der Waals surface area contributed by atoms with Crippen molar-refractivity contribution < 1.29 is 18.8 Å².